The van der Waals surface area contributed by atoms with Gasteiger partial charge in [0.05, 0.1) is 11.4 Å². The quantitative estimate of drug-likeness (QED) is 0.691. The molecule has 0 spiro atoms. The van der Waals surface area contributed by atoms with Gasteiger partial charge < -0.3 is 5.73 Å². The summed E-state index contributed by atoms with van der Waals surface area (Å²) in [7, 11) is -3.62. The number of hydrogen-bond donors (Lipinski definition) is 3. The molecule has 0 saturated carbocycles. The van der Waals surface area contributed by atoms with Crippen molar-refractivity contribution in [1.29, 1.82) is 0 Å². The van der Waals surface area contributed by atoms with Gasteiger partial charge in [-0.15, -0.1) is 10.2 Å². The number of nitrogens with zero attached hydrogens (tertiary/aromatic N) is 3. The maximum Gasteiger partial charge on any atom is 0.240 e. The van der Waals surface area contributed by atoms with Gasteiger partial charge in [-0.25, -0.2) is 13.1 Å². The van der Waals surface area contributed by atoms with Crippen LogP contribution in [0.1, 0.15) is 24.4 Å². The van der Waals surface area contributed by atoms with Crippen LogP contribution in [0.4, 0.5) is 0 Å². The Kier molecular flexibility index (Phi) is 3.88. The number of H-pyrrole nitrogens is 1. The summed E-state index contributed by atoms with van der Waals surface area (Å²) in [5.41, 5.74) is 6.48. The van der Waals surface area contributed by atoms with Crippen molar-refractivity contribution >= 4 is 10.0 Å². The molecule has 1 unspecified atom stereocenters. The first-order valence-electron chi connectivity index (χ1n) is 5.56. The highest BCUT2D eigenvalue weighted by atomic mass is 32.2. The van der Waals surface area contributed by atoms with Gasteiger partial charge in [-0.3, -0.25) is 0 Å². The van der Waals surface area contributed by atoms with E-state index in [2.05, 4.69) is 25.3 Å². The SMILES string of the molecule is CC(N)c1cccc(S(=O)(=O)NCc2nn[nH]n2)c1. The molecule has 2 rings (SSSR count). The summed E-state index contributed by atoms with van der Waals surface area (Å²) in [5.74, 6) is 0.270. The molecule has 9 heteroatoms. The molecule has 0 bridgehead atoms. The number of hydrogen-bond acceptors (Lipinski definition) is 6. The number of aromatic amines is 1. The molecule has 1 heterocycles. The first kappa shape index (κ1) is 13.6. The Labute approximate surface area is 110 Å². The zero-order valence-corrected chi connectivity index (χ0v) is 11.1. The fourth-order valence-electron chi connectivity index (χ4n) is 1.47. The average molecular weight is 282 g/mol. The lowest BCUT2D eigenvalue weighted by Crippen LogP contribution is -2.24. The second-order valence-corrected chi connectivity index (χ2v) is 5.78. The molecule has 1 aromatic carbocycles. The second kappa shape index (κ2) is 5.43. The second-order valence-electron chi connectivity index (χ2n) is 4.01. The minimum atomic E-state index is -3.62. The molecule has 0 radical (unpaired) electrons. The van der Waals surface area contributed by atoms with Crippen LogP contribution in [0.3, 0.4) is 0 Å². The Bertz CT molecular complexity index is 638. The van der Waals surface area contributed by atoms with Crippen molar-refractivity contribution in [2.24, 2.45) is 5.73 Å². The molecule has 102 valence electrons. The zero-order chi connectivity index (χ0) is 13.9. The molecular weight excluding hydrogens is 268 g/mol. The molecule has 1 aromatic heterocycles. The zero-order valence-electron chi connectivity index (χ0n) is 10.2. The van der Waals surface area contributed by atoms with Crippen molar-refractivity contribution in [2.75, 3.05) is 0 Å². The van der Waals surface area contributed by atoms with E-state index in [0.717, 1.165) is 5.56 Å². The van der Waals surface area contributed by atoms with Crippen LogP contribution in [0.2, 0.25) is 0 Å². The van der Waals surface area contributed by atoms with Gasteiger partial charge in [-0.1, -0.05) is 17.3 Å². The summed E-state index contributed by atoms with van der Waals surface area (Å²) in [5, 5.41) is 12.9. The van der Waals surface area contributed by atoms with Gasteiger partial charge >= 0.3 is 0 Å². The van der Waals surface area contributed by atoms with Crippen LogP contribution in [-0.2, 0) is 16.6 Å². The number of tetrazole rings is 1. The van der Waals surface area contributed by atoms with E-state index in [4.69, 9.17) is 5.73 Å². The molecule has 19 heavy (non-hydrogen) atoms. The van der Waals surface area contributed by atoms with Crippen LogP contribution in [0, 0.1) is 0 Å². The molecule has 2 aromatic rings. The van der Waals surface area contributed by atoms with Gasteiger partial charge in [0, 0.05) is 6.04 Å². The summed E-state index contributed by atoms with van der Waals surface area (Å²) >= 11 is 0. The van der Waals surface area contributed by atoms with E-state index in [1.165, 1.54) is 6.07 Å². The monoisotopic (exact) mass is 282 g/mol. The largest absolute Gasteiger partial charge is 0.324 e. The van der Waals surface area contributed by atoms with E-state index in [9.17, 15) is 8.42 Å². The predicted octanol–water partition coefficient (Wildman–Crippen LogP) is -0.302. The molecule has 4 N–H and O–H groups in total. The predicted molar refractivity (Wildman–Crippen MR) is 67.2 cm³/mol. The van der Waals surface area contributed by atoms with Crippen molar-refractivity contribution in [1.82, 2.24) is 25.3 Å². The highest BCUT2D eigenvalue weighted by Gasteiger charge is 2.15. The van der Waals surface area contributed by atoms with Crippen LogP contribution in [0.25, 0.3) is 0 Å². The number of nitrogens with one attached hydrogen (secondary N) is 2. The highest BCUT2D eigenvalue weighted by molar-refractivity contribution is 7.89. The number of sulfonamides is 1. The summed E-state index contributed by atoms with van der Waals surface area (Å²) in [6.45, 7) is 1.76. The molecular formula is C10H14N6O2S. The Morgan fingerprint density at radius 3 is 2.89 bits per heavy atom. The van der Waals surface area contributed by atoms with Crippen LogP contribution in [0.15, 0.2) is 29.2 Å². The van der Waals surface area contributed by atoms with Crippen molar-refractivity contribution in [2.45, 2.75) is 24.4 Å². The van der Waals surface area contributed by atoms with E-state index >= 15 is 0 Å². The molecule has 0 amide bonds. The Morgan fingerprint density at radius 1 is 1.47 bits per heavy atom. The molecule has 0 aliphatic rings. The molecule has 1 atom stereocenters. The standard InChI is InChI=1S/C10H14N6O2S/c1-7(11)8-3-2-4-9(5-8)19(17,18)12-6-10-13-15-16-14-10/h2-5,7,12H,6,11H2,1H3,(H,13,14,15,16). The molecule has 0 fully saturated rings. The topological polar surface area (TPSA) is 127 Å². The van der Waals surface area contributed by atoms with Gasteiger partial charge in [-0.05, 0) is 24.6 Å². The normalized spacial score (nSPS) is 13.4. The average Bonchev–Trinajstić information content (AvgIpc) is 2.90. The molecule has 0 saturated heterocycles. The minimum absolute atomic E-state index is 0.0265. The Balaban J connectivity index is 2.17. The van der Waals surface area contributed by atoms with Crippen molar-refractivity contribution in [3.8, 4) is 0 Å². The highest BCUT2D eigenvalue weighted by Crippen LogP contribution is 2.15. The van der Waals surface area contributed by atoms with Crippen LogP contribution < -0.4 is 10.5 Å². The third-order valence-electron chi connectivity index (χ3n) is 2.50. The summed E-state index contributed by atoms with van der Waals surface area (Å²) < 4.78 is 26.5. The Morgan fingerprint density at radius 2 is 2.26 bits per heavy atom. The maximum absolute atomic E-state index is 12.1. The number of benzene rings is 1. The van der Waals surface area contributed by atoms with Crippen molar-refractivity contribution < 1.29 is 8.42 Å². The molecule has 0 aliphatic carbocycles. The van der Waals surface area contributed by atoms with Gasteiger partial charge in [0.25, 0.3) is 0 Å². The van der Waals surface area contributed by atoms with E-state index in [1.54, 1.807) is 25.1 Å². The van der Waals surface area contributed by atoms with Crippen LogP contribution in [0.5, 0.6) is 0 Å². The molecule has 8 nitrogen and oxygen atoms in total. The first-order valence-corrected chi connectivity index (χ1v) is 7.05. The first-order chi connectivity index (χ1) is 8.99. The van der Waals surface area contributed by atoms with Crippen molar-refractivity contribution in [3.05, 3.63) is 35.7 Å². The van der Waals surface area contributed by atoms with E-state index in [1.807, 2.05) is 0 Å². The van der Waals surface area contributed by atoms with E-state index < -0.39 is 10.0 Å². The smallest absolute Gasteiger partial charge is 0.240 e. The number of aromatic nitrogens is 4. The summed E-state index contributed by atoms with van der Waals surface area (Å²) in [4.78, 5) is 0.158. The van der Waals surface area contributed by atoms with Crippen molar-refractivity contribution in [3.63, 3.8) is 0 Å². The van der Waals surface area contributed by atoms with Gasteiger partial charge in [0.2, 0.25) is 10.0 Å². The fourth-order valence-corrected chi connectivity index (χ4v) is 2.50. The van der Waals surface area contributed by atoms with E-state index in [-0.39, 0.29) is 23.3 Å². The fraction of sp³-hybridized carbons (Fsp3) is 0.300. The van der Waals surface area contributed by atoms with Crippen LogP contribution >= 0.6 is 0 Å². The number of nitrogens with two attached hydrogens (primary N) is 1. The lowest BCUT2D eigenvalue weighted by atomic mass is 10.1. The van der Waals surface area contributed by atoms with Gasteiger partial charge in [0.15, 0.2) is 5.82 Å². The summed E-state index contributed by atoms with van der Waals surface area (Å²) in [6.07, 6.45) is 0. The Hall–Kier alpha value is -1.84. The van der Waals surface area contributed by atoms with Gasteiger partial charge in [-0.2, -0.15) is 5.21 Å². The third-order valence-corrected chi connectivity index (χ3v) is 3.90. The third kappa shape index (κ3) is 3.34. The lowest BCUT2D eigenvalue weighted by Gasteiger charge is -2.09. The molecule has 0 aliphatic heterocycles. The van der Waals surface area contributed by atoms with E-state index in [0.29, 0.717) is 0 Å². The maximum atomic E-state index is 12.1. The lowest BCUT2D eigenvalue weighted by molar-refractivity contribution is 0.579. The summed E-state index contributed by atoms with van der Waals surface area (Å²) in [6, 6.07) is 6.25. The van der Waals surface area contributed by atoms with Crippen LogP contribution in [-0.4, -0.2) is 29.0 Å². The minimum Gasteiger partial charge on any atom is -0.324 e. The van der Waals surface area contributed by atoms with Gasteiger partial charge in [0.1, 0.15) is 0 Å². The number of rotatable bonds is 5.